The lowest BCUT2D eigenvalue weighted by Crippen LogP contribution is -2.60. The smallest absolute Gasteiger partial charge is 0.326 e. The first-order valence-corrected chi connectivity index (χ1v) is 5.69. The Morgan fingerprint density at radius 2 is 2.21 bits per heavy atom. The number of rotatable bonds is 4. The molecule has 0 aromatic heterocycles. The number of amides is 4. The quantitative estimate of drug-likeness (QED) is 0.461. The lowest BCUT2D eigenvalue weighted by molar-refractivity contribution is -0.141. The molecule has 9 nitrogen and oxygen atoms in total. The van der Waals surface area contributed by atoms with Crippen molar-refractivity contribution >= 4 is 23.8 Å². The third kappa shape index (κ3) is 3.83. The highest BCUT2D eigenvalue weighted by Gasteiger charge is 2.32. The number of carboxylic acid groups (broad SMARTS) is 1. The van der Waals surface area contributed by atoms with Crippen molar-refractivity contribution in [3.63, 3.8) is 0 Å². The molecule has 5 N–H and O–H groups in total. The maximum Gasteiger partial charge on any atom is 0.326 e. The van der Waals surface area contributed by atoms with Crippen LogP contribution in [0.5, 0.6) is 0 Å². The maximum atomic E-state index is 11.9. The van der Waals surface area contributed by atoms with Crippen LogP contribution in [0.15, 0.2) is 0 Å². The number of hydrogen-bond donors (Lipinski definition) is 4. The first-order chi connectivity index (χ1) is 8.82. The van der Waals surface area contributed by atoms with Crippen molar-refractivity contribution in [3.8, 4) is 0 Å². The van der Waals surface area contributed by atoms with Gasteiger partial charge in [-0.25, -0.2) is 9.59 Å². The molecule has 1 aliphatic rings. The standard InChI is InChI=1S/C10H16N4O5/c1-5-8(16)12-2-3-14(5)10(19)13-6(9(17)18)4-7(11)15/h5-6H,2-4H2,1H3,(H2,11,15)(H,12,16)(H,13,19)(H,17,18)/t5?,6-/m0/s1. The van der Waals surface area contributed by atoms with Gasteiger partial charge in [0.1, 0.15) is 12.1 Å². The Balaban J connectivity index is 2.68. The lowest BCUT2D eigenvalue weighted by Gasteiger charge is -2.33. The Morgan fingerprint density at radius 3 is 2.74 bits per heavy atom. The van der Waals surface area contributed by atoms with Crippen molar-refractivity contribution in [3.05, 3.63) is 0 Å². The molecule has 0 aromatic carbocycles. The van der Waals surface area contributed by atoms with Crippen LogP contribution in [0, 0.1) is 0 Å². The number of nitrogens with zero attached hydrogens (tertiary/aromatic N) is 1. The highest BCUT2D eigenvalue weighted by Crippen LogP contribution is 2.05. The normalized spacial score (nSPS) is 20.4. The summed E-state index contributed by atoms with van der Waals surface area (Å²) >= 11 is 0. The van der Waals surface area contributed by atoms with Crippen molar-refractivity contribution in [2.24, 2.45) is 5.73 Å². The molecule has 0 bridgehead atoms. The summed E-state index contributed by atoms with van der Waals surface area (Å²) in [4.78, 5) is 46.1. The SMILES string of the molecule is CC1C(=O)NCCN1C(=O)N[C@@H](CC(N)=O)C(=O)O. The van der Waals surface area contributed by atoms with Crippen LogP contribution >= 0.6 is 0 Å². The molecule has 0 aliphatic carbocycles. The van der Waals surface area contributed by atoms with Gasteiger partial charge >= 0.3 is 12.0 Å². The third-order valence-corrected chi connectivity index (χ3v) is 2.76. The van der Waals surface area contributed by atoms with E-state index in [2.05, 4.69) is 10.6 Å². The molecular weight excluding hydrogens is 256 g/mol. The number of urea groups is 1. The van der Waals surface area contributed by atoms with Gasteiger partial charge in [-0.1, -0.05) is 0 Å². The zero-order valence-corrected chi connectivity index (χ0v) is 10.4. The van der Waals surface area contributed by atoms with Gasteiger partial charge in [0.15, 0.2) is 0 Å². The van der Waals surface area contributed by atoms with E-state index in [9.17, 15) is 19.2 Å². The molecule has 106 valence electrons. The van der Waals surface area contributed by atoms with Crippen LogP contribution in [0.25, 0.3) is 0 Å². The Bertz CT molecular complexity index is 411. The van der Waals surface area contributed by atoms with E-state index in [0.29, 0.717) is 6.54 Å². The minimum atomic E-state index is -1.40. The molecule has 1 saturated heterocycles. The van der Waals surface area contributed by atoms with E-state index in [1.807, 2.05) is 0 Å². The van der Waals surface area contributed by atoms with E-state index in [0.717, 1.165) is 0 Å². The minimum Gasteiger partial charge on any atom is -0.480 e. The summed E-state index contributed by atoms with van der Waals surface area (Å²) < 4.78 is 0. The monoisotopic (exact) mass is 272 g/mol. The number of primary amides is 1. The summed E-state index contributed by atoms with van der Waals surface area (Å²) in [5.74, 6) is -2.51. The van der Waals surface area contributed by atoms with Gasteiger partial charge < -0.3 is 26.4 Å². The molecule has 9 heteroatoms. The van der Waals surface area contributed by atoms with Gasteiger partial charge in [-0.3, -0.25) is 9.59 Å². The summed E-state index contributed by atoms with van der Waals surface area (Å²) in [7, 11) is 0. The van der Waals surface area contributed by atoms with Gasteiger partial charge in [-0.05, 0) is 6.92 Å². The number of piperazine rings is 1. The highest BCUT2D eigenvalue weighted by atomic mass is 16.4. The van der Waals surface area contributed by atoms with Crippen molar-refractivity contribution in [1.82, 2.24) is 15.5 Å². The summed E-state index contributed by atoms with van der Waals surface area (Å²) in [6.07, 6.45) is -0.504. The van der Waals surface area contributed by atoms with Crippen LogP contribution in [0.3, 0.4) is 0 Å². The second kappa shape index (κ2) is 6.03. The molecule has 1 unspecified atom stereocenters. The molecule has 4 amide bonds. The van der Waals surface area contributed by atoms with Gasteiger partial charge in [0.05, 0.1) is 6.42 Å². The van der Waals surface area contributed by atoms with E-state index in [4.69, 9.17) is 10.8 Å². The molecule has 19 heavy (non-hydrogen) atoms. The van der Waals surface area contributed by atoms with E-state index in [-0.39, 0.29) is 12.5 Å². The van der Waals surface area contributed by atoms with Crippen molar-refractivity contribution in [2.75, 3.05) is 13.1 Å². The van der Waals surface area contributed by atoms with Crippen molar-refractivity contribution in [2.45, 2.75) is 25.4 Å². The fraction of sp³-hybridized carbons (Fsp3) is 0.600. The van der Waals surface area contributed by atoms with Gasteiger partial charge in [-0.15, -0.1) is 0 Å². The van der Waals surface area contributed by atoms with E-state index in [1.54, 1.807) is 0 Å². The first kappa shape index (κ1) is 14.7. The molecule has 0 spiro atoms. The number of carbonyl (C=O) groups is 4. The lowest BCUT2D eigenvalue weighted by atomic mass is 10.2. The first-order valence-electron chi connectivity index (χ1n) is 5.69. The molecule has 0 saturated carbocycles. The molecule has 1 heterocycles. The zero-order valence-electron chi connectivity index (χ0n) is 10.4. The molecular formula is C10H16N4O5. The summed E-state index contributed by atoms with van der Waals surface area (Å²) in [6.45, 7) is 2.09. The largest absolute Gasteiger partial charge is 0.480 e. The molecule has 0 radical (unpaired) electrons. The number of carbonyl (C=O) groups excluding carboxylic acids is 3. The summed E-state index contributed by atoms with van der Waals surface area (Å²) in [6, 6.07) is -2.81. The topological polar surface area (TPSA) is 142 Å². The minimum absolute atomic E-state index is 0.266. The average Bonchev–Trinajstić information content (AvgIpc) is 2.31. The molecule has 1 fully saturated rings. The summed E-state index contributed by atoms with van der Waals surface area (Å²) in [5, 5.41) is 13.6. The van der Waals surface area contributed by atoms with Gasteiger partial charge in [0.2, 0.25) is 11.8 Å². The van der Waals surface area contributed by atoms with Crippen LogP contribution in [-0.4, -0.2) is 59.0 Å². The average molecular weight is 272 g/mol. The summed E-state index contributed by atoms with van der Waals surface area (Å²) in [5.41, 5.74) is 4.90. The van der Waals surface area contributed by atoms with Gasteiger partial charge in [-0.2, -0.15) is 0 Å². The van der Waals surface area contributed by atoms with E-state index in [1.165, 1.54) is 11.8 Å². The van der Waals surface area contributed by atoms with Crippen molar-refractivity contribution < 1.29 is 24.3 Å². The fourth-order valence-electron chi connectivity index (χ4n) is 1.69. The highest BCUT2D eigenvalue weighted by molar-refractivity contribution is 5.91. The van der Waals surface area contributed by atoms with Crippen LogP contribution in [0.1, 0.15) is 13.3 Å². The maximum absolute atomic E-state index is 11.9. The molecule has 1 rings (SSSR count). The van der Waals surface area contributed by atoms with E-state index < -0.39 is 36.4 Å². The predicted molar refractivity (Wildman–Crippen MR) is 62.9 cm³/mol. The van der Waals surface area contributed by atoms with Crippen LogP contribution < -0.4 is 16.4 Å². The number of hydrogen-bond acceptors (Lipinski definition) is 4. The van der Waals surface area contributed by atoms with Crippen LogP contribution in [0.4, 0.5) is 4.79 Å². The second-order valence-electron chi connectivity index (χ2n) is 4.17. The Labute approximate surface area is 109 Å². The predicted octanol–water partition coefficient (Wildman–Crippen LogP) is -2.16. The number of carboxylic acids is 1. The Morgan fingerprint density at radius 1 is 1.58 bits per heavy atom. The van der Waals surface area contributed by atoms with Crippen LogP contribution in [0.2, 0.25) is 0 Å². The molecule has 0 aromatic rings. The Kier molecular flexibility index (Phi) is 4.67. The third-order valence-electron chi connectivity index (χ3n) is 2.76. The van der Waals surface area contributed by atoms with Crippen LogP contribution in [-0.2, 0) is 14.4 Å². The second-order valence-corrected chi connectivity index (χ2v) is 4.17. The van der Waals surface area contributed by atoms with Crippen molar-refractivity contribution in [1.29, 1.82) is 0 Å². The zero-order chi connectivity index (χ0) is 14.6. The Hall–Kier alpha value is -2.32. The number of aliphatic carboxylic acids is 1. The molecule has 2 atom stereocenters. The van der Waals surface area contributed by atoms with E-state index >= 15 is 0 Å². The van der Waals surface area contributed by atoms with Gasteiger partial charge in [0.25, 0.3) is 0 Å². The van der Waals surface area contributed by atoms with Gasteiger partial charge in [0, 0.05) is 13.1 Å². The fourth-order valence-corrected chi connectivity index (χ4v) is 1.69. The number of nitrogens with one attached hydrogen (secondary N) is 2. The number of nitrogens with two attached hydrogens (primary N) is 1. The molecule has 1 aliphatic heterocycles.